The molecule has 0 saturated carbocycles. The Morgan fingerprint density at radius 1 is 1.43 bits per heavy atom. The van der Waals surface area contributed by atoms with Crippen molar-refractivity contribution in [2.24, 2.45) is 0 Å². The zero-order valence-corrected chi connectivity index (χ0v) is 12.9. The lowest BCUT2D eigenvalue weighted by Crippen LogP contribution is -2.45. The van der Waals surface area contributed by atoms with Crippen molar-refractivity contribution in [3.8, 4) is 0 Å². The van der Waals surface area contributed by atoms with Crippen molar-refractivity contribution in [3.63, 3.8) is 0 Å². The van der Waals surface area contributed by atoms with Crippen molar-refractivity contribution in [2.45, 2.75) is 19.9 Å². The minimum absolute atomic E-state index is 0.151. The number of nitrogens with one attached hydrogen (secondary N) is 1. The summed E-state index contributed by atoms with van der Waals surface area (Å²) in [5.41, 5.74) is 6.74. The van der Waals surface area contributed by atoms with Crippen molar-refractivity contribution < 1.29 is 9.59 Å². The molecule has 1 atom stereocenters. The molecule has 1 unspecified atom stereocenters. The molecule has 0 aliphatic rings. The van der Waals surface area contributed by atoms with Gasteiger partial charge in [-0.1, -0.05) is 0 Å². The Hall–Kier alpha value is -2.22. The van der Waals surface area contributed by atoms with Gasteiger partial charge in [0.25, 0.3) is 5.91 Å². The molecule has 21 heavy (non-hydrogen) atoms. The van der Waals surface area contributed by atoms with Crippen molar-refractivity contribution in [1.29, 1.82) is 0 Å². The fourth-order valence-corrected chi connectivity index (χ4v) is 2.75. The summed E-state index contributed by atoms with van der Waals surface area (Å²) in [7, 11) is 1.69. The Morgan fingerprint density at radius 3 is 2.71 bits per heavy atom. The molecular weight excluding hydrogens is 290 g/mol. The number of amides is 2. The molecule has 3 N–H and O–H groups in total. The Bertz CT molecular complexity index is 684. The van der Waals surface area contributed by atoms with E-state index in [-0.39, 0.29) is 11.8 Å². The Morgan fingerprint density at radius 2 is 2.10 bits per heavy atom. The largest absolute Gasteiger partial charge is 0.396 e. The van der Waals surface area contributed by atoms with Crippen LogP contribution < -0.4 is 11.1 Å². The van der Waals surface area contributed by atoms with Crippen LogP contribution in [0.4, 0.5) is 5.69 Å². The second kappa shape index (κ2) is 6.04. The first-order valence-corrected chi connectivity index (χ1v) is 7.32. The van der Waals surface area contributed by atoms with Gasteiger partial charge in [-0.25, -0.2) is 9.97 Å². The number of rotatable bonds is 4. The highest BCUT2D eigenvalue weighted by Gasteiger charge is 2.23. The van der Waals surface area contributed by atoms with E-state index in [2.05, 4.69) is 15.3 Å². The number of hydrogen-bond acceptors (Lipinski definition) is 6. The molecule has 2 amide bonds. The molecule has 0 saturated heterocycles. The number of aromatic nitrogens is 2. The van der Waals surface area contributed by atoms with Gasteiger partial charge in [0.15, 0.2) is 0 Å². The number of thiophene rings is 1. The van der Waals surface area contributed by atoms with Gasteiger partial charge in [0.05, 0.1) is 5.69 Å². The fraction of sp³-hybridized carbons (Fsp3) is 0.385. The number of fused-ring (bicyclic) bond motifs is 1. The van der Waals surface area contributed by atoms with Crippen LogP contribution in [-0.2, 0) is 4.79 Å². The molecule has 0 fully saturated rings. The van der Waals surface area contributed by atoms with Gasteiger partial charge < -0.3 is 16.0 Å². The average molecular weight is 307 g/mol. The molecule has 2 heterocycles. The standard InChI is InChI=1S/C13H17N5O2S/c1-4-18(3)13(20)7(2)17-11(19)10-8(14)9-12(21-10)16-6-5-15-9/h5-7H,4,14H2,1-3H3,(H,17,19). The van der Waals surface area contributed by atoms with Gasteiger partial charge in [-0.2, -0.15) is 0 Å². The Balaban J connectivity index is 2.19. The lowest BCUT2D eigenvalue weighted by molar-refractivity contribution is -0.131. The van der Waals surface area contributed by atoms with Crippen LogP contribution in [0.25, 0.3) is 10.3 Å². The van der Waals surface area contributed by atoms with E-state index in [1.807, 2.05) is 6.92 Å². The van der Waals surface area contributed by atoms with E-state index in [1.165, 1.54) is 6.20 Å². The third kappa shape index (κ3) is 2.94. The van der Waals surface area contributed by atoms with Crippen LogP contribution in [0.3, 0.4) is 0 Å². The Kier molecular flexibility index (Phi) is 4.37. The number of carbonyl (C=O) groups excluding carboxylic acids is 2. The highest BCUT2D eigenvalue weighted by Crippen LogP contribution is 2.30. The summed E-state index contributed by atoms with van der Waals surface area (Å²) in [4.78, 5) is 34.9. The zero-order chi connectivity index (χ0) is 15.6. The van der Waals surface area contributed by atoms with E-state index in [9.17, 15) is 9.59 Å². The first-order chi connectivity index (χ1) is 9.95. The maximum Gasteiger partial charge on any atom is 0.264 e. The maximum absolute atomic E-state index is 12.3. The lowest BCUT2D eigenvalue weighted by atomic mass is 10.2. The first-order valence-electron chi connectivity index (χ1n) is 6.50. The SMILES string of the molecule is CCN(C)C(=O)C(C)NC(=O)c1sc2nccnc2c1N. The second-order valence-corrected chi connectivity index (χ2v) is 5.60. The number of likely N-dealkylation sites (N-methyl/N-ethyl adjacent to an activating group) is 1. The minimum atomic E-state index is -0.618. The van der Waals surface area contributed by atoms with Crippen molar-refractivity contribution in [3.05, 3.63) is 17.3 Å². The summed E-state index contributed by atoms with van der Waals surface area (Å²) in [6.07, 6.45) is 3.07. The number of nitrogen functional groups attached to an aromatic ring is 1. The van der Waals surface area contributed by atoms with Crippen LogP contribution in [0.15, 0.2) is 12.4 Å². The number of anilines is 1. The highest BCUT2D eigenvalue weighted by atomic mass is 32.1. The van der Waals surface area contributed by atoms with E-state index >= 15 is 0 Å². The third-order valence-corrected chi connectivity index (χ3v) is 4.24. The van der Waals surface area contributed by atoms with Crippen molar-refractivity contribution >= 4 is 39.2 Å². The molecule has 8 heteroatoms. The summed E-state index contributed by atoms with van der Waals surface area (Å²) in [6, 6.07) is -0.618. The summed E-state index contributed by atoms with van der Waals surface area (Å²) >= 11 is 1.16. The highest BCUT2D eigenvalue weighted by molar-refractivity contribution is 7.21. The van der Waals surface area contributed by atoms with Crippen LogP contribution in [0.2, 0.25) is 0 Å². The molecule has 0 aromatic carbocycles. The molecule has 0 aliphatic heterocycles. The summed E-state index contributed by atoms with van der Waals surface area (Å²) in [5, 5.41) is 2.66. The topological polar surface area (TPSA) is 101 Å². The number of nitrogens with two attached hydrogens (primary N) is 1. The van der Waals surface area contributed by atoms with Crippen molar-refractivity contribution in [1.82, 2.24) is 20.2 Å². The normalized spacial score (nSPS) is 12.1. The number of nitrogens with zero attached hydrogens (tertiary/aromatic N) is 3. The van der Waals surface area contributed by atoms with Gasteiger partial charge in [0, 0.05) is 26.0 Å². The zero-order valence-electron chi connectivity index (χ0n) is 12.1. The predicted molar refractivity (Wildman–Crippen MR) is 82.1 cm³/mol. The third-order valence-electron chi connectivity index (χ3n) is 3.14. The summed E-state index contributed by atoms with van der Waals surface area (Å²) < 4.78 is 0. The first kappa shape index (κ1) is 15.2. The number of hydrogen-bond donors (Lipinski definition) is 2. The van der Waals surface area contributed by atoms with Crippen LogP contribution >= 0.6 is 11.3 Å². The van der Waals surface area contributed by atoms with Gasteiger partial charge in [0.1, 0.15) is 21.3 Å². The van der Waals surface area contributed by atoms with Gasteiger partial charge in [-0.15, -0.1) is 11.3 Å². The van der Waals surface area contributed by atoms with Crippen LogP contribution in [0.1, 0.15) is 23.5 Å². The average Bonchev–Trinajstić information content (AvgIpc) is 2.83. The van der Waals surface area contributed by atoms with Gasteiger partial charge >= 0.3 is 0 Å². The molecule has 112 valence electrons. The predicted octanol–water partition coefficient (Wildman–Crippen LogP) is 0.870. The second-order valence-electron chi connectivity index (χ2n) is 4.60. The van der Waals surface area contributed by atoms with Crippen LogP contribution in [0.5, 0.6) is 0 Å². The van der Waals surface area contributed by atoms with E-state index in [0.29, 0.717) is 27.5 Å². The van der Waals surface area contributed by atoms with E-state index < -0.39 is 6.04 Å². The van der Waals surface area contributed by atoms with E-state index in [4.69, 9.17) is 5.73 Å². The monoisotopic (exact) mass is 307 g/mol. The minimum Gasteiger partial charge on any atom is -0.396 e. The van der Waals surface area contributed by atoms with Crippen LogP contribution in [0, 0.1) is 0 Å². The molecule has 0 aliphatic carbocycles. The molecule has 7 nitrogen and oxygen atoms in total. The van der Waals surface area contributed by atoms with E-state index in [0.717, 1.165) is 11.3 Å². The molecule has 0 spiro atoms. The van der Waals surface area contributed by atoms with E-state index in [1.54, 1.807) is 25.1 Å². The smallest absolute Gasteiger partial charge is 0.264 e. The molecule has 2 aromatic heterocycles. The van der Waals surface area contributed by atoms with Gasteiger partial charge in [-0.05, 0) is 13.8 Å². The summed E-state index contributed by atoms with van der Waals surface area (Å²) in [5.74, 6) is -0.538. The molecule has 0 radical (unpaired) electrons. The van der Waals surface area contributed by atoms with Gasteiger partial charge in [0.2, 0.25) is 5.91 Å². The number of carbonyl (C=O) groups is 2. The fourth-order valence-electron chi connectivity index (χ4n) is 1.82. The van der Waals surface area contributed by atoms with Crippen molar-refractivity contribution in [2.75, 3.05) is 19.3 Å². The molecular formula is C13H17N5O2S. The lowest BCUT2D eigenvalue weighted by Gasteiger charge is -2.20. The molecule has 2 aromatic rings. The molecule has 0 bridgehead atoms. The molecule has 2 rings (SSSR count). The maximum atomic E-state index is 12.3. The Labute approximate surface area is 126 Å². The van der Waals surface area contributed by atoms with Gasteiger partial charge in [-0.3, -0.25) is 9.59 Å². The van der Waals surface area contributed by atoms with Crippen LogP contribution in [-0.4, -0.2) is 46.3 Å². The summed E-state index contributed by atoms with van der Waals surface area (Å²) in [6.45, 7) is 4.10. The quantitative estimate of drug-likeness (QED) is 0.872.